The quantitative estimate of drug-likeness (QED) is 0.923. The first-order chi connectivity index (χ1) is 8.49. The largest absolute Gasteiger partial charge is 0.303 e. The number of halogens is 1. The molecule has 7 heteroatoms. The molecular formula is C11H16BrN3O2S. The number of rotatable bonds is 3. The van der Waals surface area contributed by atoms with E-state index in [1.807, 2.05) is 6.92 Å². The van der Waals surface area contributed by atoms with Gasteiger partial charge in [0.25, 0.3) is 0 Å². The SMILES string of the molecule is CC1CCCCN1S(=O)(=O)Nc1ccc(Br)cn1. The fraction of sp³-hybridized carbons (Fsp3) is 0.545. The Morgan fingerprint density at radius 1 is 1.44 bits per heavy atom. The maximum Gasteiger partial charge on any atom is 0.303 e. The molecule has 1 aromatic rings. The molecule has 1 saturated heterocycles. The Hall–Kier alpha value is -0.660. The number of hydrogen-bond acceptors (Lipinski definition) is 3. The van der Waals surface area contributed by atoms with Crippen LogP contribution in [0.2, 0.25) is 0 Å². The van der Waals surface area contributed by atoms with Crippen molar-refractivity contribution in [2.75, 3.05) is 11.3 Å². The van der Waals surface area contributed by atoms with E-state index >= 15 is 0 Å². The summed E-state index contributed by atoms with van der Waals surface area (Å²) in [6.07, 6.45) is 4.48. The predicted molar refractivity (Wildman–Crippen MR) is 74.5 cm³/mol. The molecule has 1 aliphatic heterocycles. The molecule has 0 bridgehead atoms. The molecule has 100 valence electrons. The van der Waals surface area contributed by atoms with E-state index in [9.17, 15) is 8.42 Å². The monoisotopic (exact) mass is 333 g/mol. The van der Waals surface area contributed by atoms with Crippen molar-refractivity contribution < 1.29 is 8.42 Å². The second-order valence-corrected chi connectivity index (χ2v) is 6.96. The number of hydrogen-bond donors (Lipinski definition) is 1. The average Bonchev–Trinajstić information content (AvgIpc) is 2.32. The average molecular weight is 334 g/mol. The topological polar surface area (TPSA) is 62.3 Å². The van der Waals surface area contributed by atoms with E-state index in [1.54, 1.807) is 18.3 Å². The van der Waals surface area contributed by atoms with Crippen LogP contribution in [0.5, 0.6) is 0 Å². The third kappa shape index (κ3) is 3.21. The molecule has 0 spiro atoms. The number of pyridine rings is 1. The molecule has 2 rings (SSSR count). The highest BCUT2D eigenvalue weighted by Gasteiger charge is 2.29. The molecule has 1 aliphatic rings. The number of aromatic nitrogens is 1. The summed E-state index contributed by atoms with van der Waals surface area (Å²) >= 11 is 3.26. The van der Waals surface area contributed by atoms with Gasteiger partial charge in [0.05, 0.1) is 0 Å². The van der Waals surface area contributed by atoms with Crippen molar-refractivity contribution in [1.29, 1.82) is 0 Å². The molecule has 0 aromatic carbocycles. The minimum atomic E-state index is -3.49. The van der Waals surface area contributed by atoms with E-state index < -0.39 is 10.2 Å². The van der Waals surface area contributed by atoms with Crippen LogP contribution in [0.25, 0.3) is 0 Å². The Morgan fingerprint density at radius 2 is 2.22 bits per heavy atom. The Kier molecular flexibility index (Phi) is 4.24. The molecule has 0 radical (unpaired) electrons. The summed E-state index contributed by atoms with van der Waals surface area (Å²) < 4.78 is 29.3. The molecule has 0 amide bonds. The van der Waals surface area contributed by atoms with Gasteiger partial charge < -0.3 is 0 Å². The van der Waals surface area contributed by atoms with E-state index in [0.29, 0.717) is 12.4 Å². The van der Waals surface area contributed by atoms with Crippen LogP contribution >= 0.6 is 15.9 Å². The van der Waals surface area contributed by atoms with E-state index in [4.69, 9.17) is 0 Å². The standard InChI is InChI=1S/C11H16BrN3O2S/c1-9-4-2-3-7-15(9)18(16,17)14-11-6-5-10(12)8-13-11/h5-6,8-9H,2-4,7H2,1H3,(H,13,14). The molecule has 1 atom stereocenters. The van der Waals surface area contributed by atoms with Crippen molar-refractivity contribution in [3.8, 4) is 0 Å². The second kappa shape index (κ2) is 5.54. The van der Waals surface area contributed by atoms with Crippen molar-refractivity contribution in [2.24, 2.45) is 0 Å². The van der Waals surface area contributed by atoms with E-state index in [-0.39, 0.29) is 6.04 Å². The minimum Gasteiger partial charge on any atom is -0.254 e. The summed E-state index contributed by atoms with van der Waals surface area (Å²) in [4.78, 5) is 4.02. The number of nitrogens with one attached hydrogen (secondary N) is 1. The van der Waals surface area contributed by atoms with Gasteiger partial charge in [-0.15, -0.1) is 0 Å². The molecule has 18 heavy (non-hydrogen) atoms. The third-order valence-corrected chi connectivity index (χ3v) is 5.11. The first-order valence-electron chi connectivity index (χ1n) is 5.90. The molecule has 1 N–H and O–H groups in total. The number of anilines is 1. The fourth-order valence-electron chi connectivity index (χ4n) is 2.06. The minimum absolute atomic E-state index is 0.0479. The van der Waals surface area contributed by atoms with Gasteiger partial charge in [0.2, 0.25) is 0 Å². The maximum absolute atomic E-state index is 12.2. The van der Waals surface area contributed by atoms with Crippen LogP contribution < -0.4 is 4.72 Å². The van der Waals surface area contributed by atoms with Gasteiger partial charge in [-0.2, -0.15) is 12.7 Å². The van der Waals surface area contributed by atoms with Gasteiger partial charge in [-0.3, -0.25) is 4.72 Å². The number of nitrogens with zero attached hydrogens (tertiary/aromatic N) is 2. The van der Waals surface area contributed by atoms with Gasteiger partial charge >= 0.3 is 10.2 Å². The highest BCUT2D eigenvalue weighted by Crippen LogP contribution is 2.21. The van der Waals surface area contributed by atoms with Crippen molar-refractivity contribution in [3.63, 3.8) is 0 Å². The van der Waals surface area contributed by atoms with Gasteiger partial charge in [-0.25, -0.2) is 4.98 Å². The second-order valence-electron chi connectivity index (χ2n) is 4.42. The van der Waals surface area contributed by atoms with Crippen molar-refractivity contribution in [3.05, 3.63) is 22.8 Å². The van der Waals surface area contributed by atoms with Gasteiger partial charge in [-0.1, -0.05) is 6.42 Å². The first-order valence-corrected chi connectivity index (χ1v) is 8.13. The van der Waals surface area contributed by atoms with Crippen LogP contribution in [0.1, 0.15) is 26.2 Å². The molecule has 2 heterocycles. The predicted octanol–water partition coefficient (Wildman–Crippen LogP) is 2.38. The van der Waals surface area contributed by atoms with Crippen molar-refractivity contribution >= 4 is 32.0 Å². The maximum atomic E-state index is 12.2. The van der Waals surface area contributed by atoms with Crippen LogP contribution in [0.3, 0.4) is 0 Å². The molecule has 0 saturated carbocycles. The van der Waals surface area contributed by atoms with Gasteiger partial charge in [0, 0.05) is 23.3 Å². The van der Waals surface area contributed by atoms with Gasteiger partial charge in [-0.05, 0) is 47.8 Å². The lowest BCUT2D eigenvalue weighted by atomic mass is 10.1. The molecule has 1 unspecified atom stereocenters. The van der Waals surface area contributed by atoms with Gasteiger partial charge in [0.15, 0.2) is 0 Å². The normalized spacial score (nSPS) is 21.8. The fourth-order valence-corrected chi connectivity index (χ4v) is 3.74. The van der Waals surface area contributed by atoms with Crippen LogP contribution in [-0.2, 0) is 10.2 Å². The summed E-state index contributed by atoms with van der Waals surface area (Å²) in [6, 6.07) is 3.44. The molecule has 1 aromatic heterocycles. The Balaban J connectivity index is 2.13. The van der Waals surface area contributed by atoms with E-state index in [2.05, 4.69) is 25.6 Å². The molecular weight excluding hydrogens is 318 g/mol. The first kappa shape index (κ1) is 13.8. The summed E-state index contributed by atoms with van der Waals surface area (Å²) in [5, 5.41) is 0. The molecule has 0 aliphatic carbocycles. The third-order valence-electron chi connectivity index (χ3n) is 3.01. The van der Waals surface area contributed by atoms with Crippen LogP contribution in [0, 0.1) is 0 Å². The van der Waals surface area contributed by atoms with Crippen LogP contribution in [0.4, 0.5) is 5.82 Å². The summed E-state index contributed by atoms with van der Waals surface area (Å²) in [5.74, 6) is 0.343. The van der Waals surface area contributed by atoms with E-state index in [0.717, 1.165) is 23.7 Å². The van der Waals surface area contributed by atoms with Crippen molar-refractivity contribution in [1.82, 2.24) is 9.29 Å². The highest BCUT2D eigenvalue weighted by molar-refractivity contribution is 9.10. The lowest BCUT2D eigenvalue weighted by Crippen LogP contribution is -2.44. The Labute approximate surface area is 116 Å². The summed E-state index contributed by atoms with van der Waals surface area (Å²) in [6.45, 7) is 2.51. The molecule has 5 nitrogen and oxygen atoms in total. The lowest BCUT2D eigenvalue weighted by Gasteiger charge is -2.32. The number of piperidine rings is 1. The summed E-state index contributed by atoms with van der Waals surface area (Å²) in [5.41, 5.74) is 0. The molecule has 1 fully saturated rings. The van der Waals surface area contributed by atoms with Gasteiger partial charge in [0.1, 0.15) is 5.82 Å². The summed E-state index contributed by atoms with van der Waals surface area (Å²) in [7, 11) is -3.49. The highest BCUT2D eigenvalue weighted by atomic mass is 79.9. The van der Waals surface area contributed by atoms with Crippen LogP contribution in [-0.4, -0.2) is 30.3 Å². The van der Waals surface area contributed by atoms with E-state index in [1.165, 1.54) is 4.31 Å². The Bertz CT molecular complexity index is 504. The van der Waals surface area contributed by atoms with Crippen LogP contribution in [0.15, 0.2) is 22.8 Å². The Morgan fingerprint density at radius 3 is 2.83 bits per heavy atom. The lowest BCUT2D eigenvalue weighted by molar-refractivity contribution is 0.270. The zero-order valence-electron chi connectivity index (χ0n) is 10.1. The van der Waals surface area contributed by atoms with Crippen molar-refractivity contribution in [2.45, 2.75) is 32.2 Å². The zero-order chi connectivity index (χ0) is 13.2. The zero-order valence-corrected chi connectivity index (χ0v) is 12.5. The smallest absolute Gasteiger partial charge is 0.254 e.